The average molecular weight is 307 g/mol. The summed E-state index contributed by atoms with van der Waals surface area (Å²) in [6, 6.07) is 9.09. The largest absolute Gasteiger partial charge is 0.379 e. The molecule has 0 spiro atoms. The van der Waals surface area contributed by atoms with E-state index in [4.69, 9.17) is 16.3 Å². The van der Waals surface area contributed by atoms with Crippen molar-refractivity contribution in [2.75, 3.05) is 13.2 Å². The highest BCUT2D eigenvalue weighted by Gasteiger charge is 2.10. The number of pyridine rings is 1. The number of hydrogen-bond donors (Lipinski definition) is 1. The molecule has 0 radical (unpaired) electrons. The summed E-state index contributed by atoms with van der Waals surface area (Å²) in [4.78, 5) is 16.4. The molecule has 0 saturated carbocycles. The fraction of sp³-hybridized carbons (Fsp3) is 0.375. The maximum Gasteiger partial charge on any atom is 0.269 e. The van der Waals surface area contributed by atoms with Gasteiger partial charge in [0.05, 0.1) is 16.6 Å². The summed E-state index contributed by atoms with van der Waals surface area (Å²) in [6.07, 6.45) is 0.979. The van der Waals surface area contributed by atoms with Gasteiger partial charge < -0.3 is 10.1 Å². The molecule has 2 rings (SSSR count). The molecule has 0 saturated heterocycles. The molecule has 0 unspecified atom stereocenters. The molecule has 0 bridgehead atoms. The van der Waals surface area contributed by atoms with Gasteiger partial charge in [-0.15, -0.1) is 0 Å². The van der Waals surface area contributed by atoms with Gasteiger partial charge in [-0.3, -0.25) is 4.79 Å². The number of nitrogens with zero attached hydrogens (tertiary/aromatic N) is 1. The second kappa shape index (κ2) is 7.38. The first-order valence-corrected chi connectivity index (χ1v) is 7.41. The number of amides is 1. The Bertz CT molecular complexity index is 629. The van der Waals surface area contributed by atoms with Crippen molar-refractivity contribution in [2.45, 2.75) is 26.4 Å². The molecule has 5 heteroatoms. The van der Waals surface area contributed by atoms with Gasteiger partial charge >= 0.3 is 0 Å². The van der Waals surface area contributed by atoms with E-state index >= 15 is 0 Å². The third kappa shape index (κ3) is 4.41. The Morgan fingerprint density at radius 2 is 2.14 bits per heavy atom. The highest BCUT2D eigenvalue weighted by molar-refractivity contribution is 6.35. The lowest BCUT2D eigenvalue weighted by Gasteiger charge is -2.09. The number of para-hydroxylation sites is 1. The zero-order valence-electron chi connectivity index (χ0n) is 12.2. The highest BCUT2D eigenvalue weighted by atomic mass is 35.5. The van der Waals surface area contributed by atoms with Crippen molar-refractivity contribution in [3.8, 4) is 0 Å². The van der Waals surface area contributed by atoms with E-state index in [9.17, 15) is 4.79 Å². The Morgan fingerprint density at radius 1 is 1.38 bits per heavy atom. The van der Waals surface area contributed by atoms with E-state index in [0.29, 0.717) is 23.9 Å². The molecule has 112 valence electrons. The number of halogens is 1. The molecule has 0 fully saturated rings. The van der Waals surface area contributed by atoms with Gasteiger partial charge in [-0.2, -0.15) is 0 Å². The Labute approximate surface area is 129 Å². The topological polar surface area (TPSA) is 51.2 Å². The lowest BCUT2D eigenvalue weighted by molar-refractivity contribution is 0.0756. The van der Waals surface area contributed by atoms with Gasteiger partial charge in [-0.05, 0) is 32.4 Å². The molecular weight excluding hydrogens is 288 g/mol. The molecule has 4 nitrogen and oxygen atoms in total. The third-order valence-corrected chi connectivity index (χ3v) is 3.27. The van der Waals surface area contributed by atoms with Gasteiger partial charge in [-0.1, -0.05) is 29.8 Å². The number of rotatable bonds is 6. The molecule has 21 heavy (non-hydrogen) atoms. The average Bonchev–Trinajstić information content (AvgIpc) is 2.46. The lowest BCUT2D eigenvalue weighted by atomic mass is 10.2. The Morgan fingerprint density at radius 3 is 2.90 bits per heavy atom. The number of nitrogens with one attached hydrogen (secondary N) is 1. The molecule has 1 N–H and O–H groups in total. The second-order valence-electron chi connectivity index (χ2n) is 5.04. The summed E-state index contributed by atoms with van der Waals surface area (Å²) in [5.41, 5.74) is 1.06. The predicted molar refractivity (Wildman–Crippen MR) is 84.8 cm³/mol. The van der Waals surface area contributed by atoms with Crippen molar-refractivity contribution in [1.82, 2.24) is 10.3 Å². The molecule has 0 atom stereocenters. The maximum absolute atomic E-state index is 12.1. The van der Waals surface area contributed by atoms with Gasteiger partial charge in [0.15, 0.2) is 0 Å². The Hall–Kier alpha value is -1.65. The van der Waals surface area contributed by atoms with Crippen LogP contribution >= 0.6 is 11.6 Å². The molecule has 1 aromatic heterocycles. The second-order valence-corrected chi connectivity index (χ2v) is 5.44. The van der Waals surface area contributed by atoms with Crippen molar-refractivity contribution in [3.05, 3.63) is 41.0 Å². The zero-order valence-corrected chi connectivity index (χ0v) is 13.0. The van der Waals surface area contributed by atoms with E-state index in [2.05, 4.69) is 10.3 Å². The van der Waals surface area contributed by atoms with Crippen molar-refractivity contribution in [2.24, 2.45) is 0 Å². The van der Waals surface area contributed by atoms with Crippen LogP contribution in [0.2, 0.25) is 5.02 Å². The van der Waals surface area contributed by atoms with Gasteiger partial charge in [0.1, 0.15) is 5.69 Å². The summed E-state index contributed by atoms with van der Waals surface area (Å²) in [6.45, 7) is 5.15. The summed E-state index contributed by atoms with van der Waals surface area (Å²) in [5.74, 6) is -0.216. The van der Waals surface area contributed by atoms with Gasteiger partial charge in [0.25, 0.3) is 5.91 Å². The van der Waals surface area contributed by atoms with E-state index in [1.54, 1.807) is 6.07 Å². The first-order chi connectivity index (χ1) is 10.1. The van der Waals surface area contributed by atoms with Crippen molar-refractivity contribution in [1.29, 1.82) is 0 Å². The number of fused-ring (bicyclic) bond motifs is 1. The minimum atomic E-state index is -0.216. The van der Waals surface area contributed by atoms with Crippen LogP contribution in [-0.2, 0) is 4.74 Å². The molecule has 0 aliphatic rings. The van der Waals surface area contributed by atoms with Gasteiger partial charge in [0, 0.05) is 18.5 Å². The number of carbonyl (C=O) groups is 1. The van der Waals surface area contributed by atoms with Crippen LogP contribution in [0.3, 0.4) is 0 Å². The van der Waals surface area contributed by atoms with E-state index in [0.717, 1.165) is 17.3 Å². The van der Waals surface area contributed by atoms with Crippen LogP contribution in [0, 0.1) is 0 Å². The molecule has 0 aliphatic heterocycles. The van der Waals surface area contributed by atoms with Crippen LogP contribution in [0.15, 0.2) is 30.3 Å². The Kier molecular flexibility index (Phi) is 5.53. The molecular formula is C16H19ClN2O2. The first-order valence-electron chi connectivity index (χ1n) is 7.03. The van der Waals surface area contributed by atoms with E-state index in [-0.39, 0.29) is 12.0 Å². The fourth-order valence-electron chi connectivity index (χ4n) is 1.93. The minimum absolute atomic E-state index is 0.210. The maximum atomic E-state index is 12.1. The van der Waals surface area contributed by atoms with Crippen molar-refractivity contribution < 1.29 is 9.53 Å². The van der Waals surface area contributed by atoms with E-state index in [1.807, 2.05) is 38.1 Å². The quantitative estimate of drug-likeness (QED) is 0.832. The van der Waals surface area contributed by atoms with Gasteiger partial charge in [0.2, 0.25) is 0 Å². The van der Waals surface area contributed by atoms with Gasteiger partial charge in [-0.25, -0.2) is 4.98 Å². The van der Waals surface area contributed by atoms with E-state index < -0.39 is 0 Å². The lowest BCUT2D eigenvalue weighted by Crippen LogP contribution is -2.26. The smallest absolute Gasteiger partial charge is 0.269 e. The highest BCUT2D eigenvalue weighted by Crippen LogP contribution is 2.22. The number of benzene rings is 1. The molecule has 1 amide bonds. The molecule has 0 aliphatic carbocycles. The third-order valence-electron chi connectivity index (χ3n) is 2.96. The zero-order chi connectivity index (χ0) is 15.2. The summed E-state index contributed by atoms with van der Waals surface area (Å²) in [7, 11) is 0. The van der Waals surface area contributed by atoms with Crippen molar-refractivity contribution >= 4 is 28.4 Å². The minimum Gasteiger partial charge on any atom is -0.379 e. The van der Waals surface area contributed by atoms with E-state index in [1.165, 1.54) is 0 Å². The van der Waals surface area contributed by atoms with Crippen LogP contribution in [0.4, 0.5) is 0 Å². The molecule has 1 aromatic carbocycles. The van der Waals surface area contributed by atoms with Crippen LogP contribution < -0.4 is 5.32 Å². The summed E-state index contributed by atoms with van der Waals surface area (Å²) < 4.78 is 5.42. The van der Waals surface area contributed by atoms with Crippen LogP contribution in [0.5, 0.6) is 0 Å². The van der Waals surface area contributed by atoms with Crippen LogP contribution in [0.25, 0.3) is 10.9 Å². The standard InChI is InChI=1S/C16H19ClN2O2/c1-11(2)21-9-5-8-18-16(20)15-10-13(17)12-6-3-4-7-14(12)19-15/h3-4,6-7,10-11H,5,8-9H2,1-2H3,(H,18,20). The first kappa shape index (κ1) is 15.7. The predicted octanol–water partition coefficient (Wildman–Crippen LogP) is 3.43. The molecule has 1 heterocycles. The number of carbonyl (C=O) groups excluding carboxylic acids is 1. The number of aromatic nitrogens is 1. The summed E-state index contributed by atoms with van der Waals surface area (Å²) >= 11 is 6.18. The van der Waals surface area contributed by atoms with Crippen LogP contribution in [0.1, 0.15) is 30.8 Å². The van der Waals surface area contributed by atoms with Crippen molar-refractivity contribution in [3.63, 3.8) is 0 Å². The Balaban J connectivity index is 1.96. The monoisotopic (exact) mass is 306 g/mol. The number of hydrogen-bond acceptors (Lipinski definition) is 3. The SMILES string of the molecule is CC(C)OCCCNC(=O)c1cc(Cl)c2ccccc2n1. The molecule has 2 aromatic rings. The summed E-state index contributed by atoms with van der Waals surface area (Å²) in [5, 5.41) is 4.21. The number of ether oxygens (including phenoxy) is 1. The normalized spacial score (nSPS) is 11.0. The fourth-order valence-corrected chi connectivity index (χ4v) is 2.20. The van der Waals surface area contributed by atoms with Crippen LogP contribution in [-0.4, -0.2) is 30.1 Å².